The fraction of sp³-hybridized carbons (Fsp3) is 0.562. The molecular weight excluding hydrogens is 629 g/mol. The molecule has 0 bridgehead atoms. The van der Waals surface area contributed by atoms with Gasteiger partial charge in [0.25, 0.3) is 0 Å². The van der Waals surface area contributed by atoms with Crippen LogP contribution in [0, 0.1) is 18.9 Å². The third kappa shape index (κ3) is 21.3. The Hall–Kier alpha value is 1.32. The summed E-state index contributed by atoms with van der Waals surface area (Å²) in [7, 11) is 0. The molecule has 1 fully saturated rings. The van der Waals surface area contributed by atoms with E-state index in [0.717, 1.165) is 0 Å². The molecule has 0 saturated carbocycles. The summed E-state index contributed by atoms with van der Waals surface area (Å²) in [6.45, 7) is 8.90. The van der Waals surface area contributed by atoms with E-state index < -0.39 is 0 Å². The predicted octanol–water partition coefficient (Wildman–Crippen LogP) is -4.37. The number of hydrogen-bond acceptors (Lipinski definition) is 4. The minimum absolute atomic E-state index is 0. The second-order valence-electron chi connectivity index (χ2n) is 4.32. The van der Waals surface area contributed by atoms with Gasteiger partial charge >= 0.3 is 23.9 Å². The van der Waals surface area contributed by atoms with Crippen molar-refractivity contribution in [3.8, 4) is 0 Å². The Kier molecular flexibility index (Phi) is 29.5. The molecule has 0 spiro atoms. The predicted molar refractivity (Wildman–Crippen MR) is 83.2 cm³/mol. The van der Waals surface area contributed by atoms with Crippen LogP contribution in [0.15, 0.2) is 30.3 Å². The van der Waals surface area contributed by atoms with Crippen molar-refractivity contribution in [3.63, 3.8) is 0 Å². The summed E-state index contributed by atoms with van der Waals surface area (Å²) in [5, 5.41) is 0. The normalized spacial score (nSPS) is 17.1. The molecule has 1 aliphatic heterocycles. The van der Waals surface area contributed by atoms with E-state index in [2.05, 4.69) is 13.0 Å². The summed E-state index contributed by atoms with van der Waals surface area (Å²) >= 11 is 0. The number of hydrogen-bond donors (Lipinski definition) is 0. The molecule has 0 N–H and O–H groups in total. The minimum atomic E-state index is 0. The zero-order valence-electron chi connectivity index (χ0n) is 13.2. The van der Waals surface area contributed by atoms with Crippen LogP contribution in [0.3, 0.4) is 0 Å². The molecule has 1 aromatic rings. The summed E-state index contributed by atoms with van der Waals surface area (Å²) in [5.74, 6) is 0.191. The van der Waals surface area contributed by atoms with Gasteiger partial charge in [-0.15, -0.1) is 0 Å². The average Bonchev–Trinajstić information content (AvgIpc) is 2.52. The van der Waals surface area contributed by atoms with Crippen LogP contribution in [0.25, 0.3) is 0 Å². The van der Waals surface area contributed by atoms with Crippen molar-refractivity contribution in [2.45, 2.75) is 0 Å². The first kappa shape index (κ1) is 29.1. The minimum Gasteiger partial charge on any atom is -1.00 e. The van der Waals surface area contributed by atoms with Crippen LogP contribution < -0.4 is 48.0 Å². The molecule has 130 valence electrons. The monoisotopic (exact) mass is 654 g/mol. The summed E-state index contributed by atoms with van der Waals surface area (Å²) in [4.78, 5) is 0. The van der Waals surface area contributed by atoms with Gasteiger partial charge in [0, 0.05) is 5.92 Å². The Morgan fingerprint density at radius 2 is 1.09 bits per heavy atom. The topological polar surface area (TPSA) is 36.9 Å². The second-order valence-corrected chi connectivity index (χ2v) is 4.32. The van der Waals surface area contributed by atoms with Crippen LogP contribution in [0.1, 0.15) is 0 Å². The number of halogens is 2. The largest absolute Gasteiger partial charge is 2.00 e. The van der Waals surface area contributed by atoms with Crippen molar-refractivity contribution in [2.75, 3.05) is 52.9 Å². The molecule has 0 aliphatic carbocycles. The number of benzene rings is 1. The molecule has 1 aliphatic rings. The van der Waals surface area contributed by atoms with E-state index in [1.165, 1.54) is 0 Å². The van der Waals surface area contributed by atoms with Gasteiger partial charge < -0.3 is 66.9 Å². The van der Waals surface area contributed by atoms with Crippen LogP contribution in [-0.4, -0.2) is 76.8 Å². The smallest absolute Gasteiger partial charge is 1.00 e. The molecule has 1 saturated heterocycles. The van der Waals surface area contributed by atoms with E-state index in [4.69, 9.17) is 18.9 Å². The van der Waals surface area contributed by atoms with E-state index in [-0.39, 0.29) is 77.8 Å². The molecule has 0 amide bonds. The van der Waals surface area contributed by atoms with Crippen molar-refractivity contribution in [1.29, 1.82) is 0 Å². The number of rotatable bonds is 0. The first-order valence-electron chi connectivity index (χ1n) is 6.94. The van der Waals surface area contributed by atoms with E-state index in [9.17, 15) is 0 Å². The van der Waals surface area contributed by atoms with Crippen molar-refractivity contribution in [1.82, 2.24) is 0 Å². The Morgan fingerprint density at radius 1 is 0.696 bits per heavy atom. The van der Waals surface area contributed by atoms with Gasteiger partial charge in [0.2, 0.25) is 0 Å². The van der Waals surface area contributed by atoms with Gasteiger partial charge in [0.15, 0.2) is 0 Å². The number of ether oxygens (including phenoxy) is 4. The fourth-order valence-corrected chi connectivity index (χ4v) is 1.45. The summed E-state index contributed by atoms with van der Waals surface area (Å²) < 4.78 is 21.2. The molecule has 4 nitrogen and oxygen atoms in total. The van der Waals surface area contributed by atoms with E-state index in [1.54, 1.807) is 0 Å². The molecule has 7 heteroatoms. The fourth-order valence-electron chi connectivity index (χ4n) is 1.45. The maximum atomic E-state index is 5.35. The van der Waals surface area contributed by atoms with Crippen LogP contribution >= 0.6 is 0 Å². The van der Waals surface area contributed by atoms with E-state index in [1.807, 2.05) is 30.3 Å². The molecule has 2 rings (SSSR count). The molecule has 0 unspecified atom stereocenters. The average molecular weight is 653 g/mol. The molecule has 1 heterocycles. The molecule has 23 heavy (non-hydrogen) atoms. The summed E-state index contributed by atoms with van der Waals surface area (Å²) in [5.41, 5.74) is 0. The van der Waals surface area contributed by atoms with Gasteiger partial charge in [-0.2, -0.15) is 0 Å². The van der Waals surface area contributed by atoms with Crippen molar-refractivity contribution in [3.05, 3.63) is 43.3 Å². The van der Waals surface area contributed by atoms with Gasteiger partial charge in [-0.25, -0.2) is 0 Å². The zero-order valence-corrected chi connectivity index (χ0v) is 20.4. The third-order valence-corrected chi connectivity index (χ3v) is 2.43. The summed E-state index contributed by atoms with van der Waals surface area (Å²) in [6, 6.07) is 12.5. The van der Waals surface area contributed by atoms with E-state index in [0.29, 0.717) is 52.9 Å². The van der Waals surface area contributed by atoms with Gasteiger partial charge in [0.1, 0.15) is 0 Å². The first-order chi connectivity index (χ1) is 9.89. The maximum Gasteiger partial charge on any atom is 2.00 e. The Balaban J connectivity index is -0.000000382. The van der Waals surface area contributed by atoms with Crippen molar-refractivity contribution in [2.24, 2.45) is 5.92 Å². The standard InChI is InChI=1S/C10H19O4.C6H5.2HI.Sn/c1-10-8-13-6-4-11-2-3-12-5-7-14-9-10;1-2-4-6-5-3-1;;;/h10H,1-9H2;1-5H;2*1H;/q;;;;+2/p-2. The molecule has 0 aromatic heterocycles. The van der Waals surface area contributed by atoms with Crippen LogP contribution in [0.2, 0.25) is 0 Å². The van der Waals surface area contributed by atoms with Gasteiger partial charge in [-0.1, -0.05) is 30.3 Å². The van der Waals surface area contributed by atoms with Crippen LogP contribution in [0.5, 0.6) is 0 Å². The van der Waals surface area contributed by atoms with E-state index >= 15 is 0 Å². The molecule has 0 atom stereocenters. The zero-order chi connectivity index (χ0) is 14.3. The Bertz CT molecular complexity index is 267. The van der Waals surface area contributed by atoms with Gasteiger partial charge in [-0.05, 0) is 13.0 Å². The van der Waals surface area contributed by atoms with Gasteiger partial charge in [0.05, 0.1) is 52.9 Å². The van der Waals surface area contributed by atoms with Crippen LogP contribution in [-0.2, 0) is 18.9 Å². The third-order valence-electron chi connectivity index (χ3n) is 2.43. The molecule has 4 radical (unpaired) electrons. The molecular formula is C16H24I2O4Sn. The Labute approximate surface area is 191 Å². The first-order valence-corrected chi connectivity index (χ1v) is 6.94. The van der Waals surface area contributed by atoms with Crippen molar-refractivity contribution < 1.29 is 66.9 Å². The maximum absolute atomic E-state index is 5.35. The SMILES string of the molecule is [CH2]C1COCCOCCOCCOC1.[I-].[I-].[Sn+2].[c]1ccccc1. The summed E-state index contributed by atoms with van der Waals surface area (Å²) in [6.07, 6.45) is 0. The van der Waals surface area contributed by atoms with Gasteiger partial charge in [-0.3, -0.25) is 0 Å². The van der Waals surface area contributed by atoms with Crippen molar-refractivity contribution >= 4 is 23.9 Å². The second kappa shape index (κ2) is 23.3. The molecule has 1 aromatic carbocycles. The quantitative estimate of drug-likeness (QED) is 0.210. The Morgan fingerprint density at radius 3 is 1.39 bits per heavy atom. The van der Waals surface area contributed by atoms with Crippen LogP contribution in [0.4, 0.5) is 0 Å².